The molecule has 4 heteroatoms. The van der Waals surface area contributed by atoms with Crippen molar-refractivity contribution in [2.45, 2.75) is 52.0 Å². The van der Waals surface area contributed by atoms with E-state index in [4.69, 9.17) is 11.6 Å². The summed E-state index contributed by atoms with van der Waals surface area (Å²) in [6.45, 7) is 4.37. The van der Waals surface area contributed by atoms with E-state index in [0.717, 1.165) is 24.0 Å². The van der Waals surface area contributed by atoms with Crippen molar-refractivity contribution < 1.29 is 0 Å². The minimum Gasteiger partial charge on any atom is -0.367 e. The van der Waals surface area contributed by atoms with Crippen molar-refractivity contribution in [2.75, 3.05) is 5.32 Å². The van der Waals surface area contributed by atoms with Crippen LogP contribution in [0.25, 0.3) is 0 Å². The predicted molar refractivity (Wildman–Crippen MR) is 71.5 cm³/mol. The smallest absolute Gasteiger partial charge is 0.134 e. The van der Waals surface area contributed by atoms with Crippen LogP contribution in [0.2, 0.25) is 5.15 Å². The molecular weight excluding hydrogens is 234 g/mol. The number of aryl methyl sites for hydroxylation is 1. The summed E-state index contributed by atoms with van der Waals surface area (Å²) in [5.74, 6) is 2.55. The highest BCUT2D eigenvalue weighted by Crippen LogP contribution is 2.26. The second kappa shape index (κ2) is 5.67. The van der Waals surface area contributed by atoms with E-state index in [2.05, 4.69) is 22.2 Å². The zero-order valence-corrected chi connectivity index (χ0v) is 11.3. The van der Waals surface area contributed by atoms with Crippen molar-refractivity contribution in [3.8, 4) is 0 Å². The zero-order chi connectivity index (χ0) is 12.3. The third-order valence-electron chi connectivity index (χ3n) is 3.43. The lowest BCUT2D eigenvalue weighted by molar-refractivity contribution is 0.360. The van der Waals surface area contributed by atoms with E-state index in [-0.39, 0.29) is 0 Å². The van der Waals surface area contributed by atoms with E-state index in [1.165, 1.54) is 25.7 Å². The number of hydrogen-bond donors (Lipinski definition) is 1. The van der Waals surface area contributed by atoms with Crippen molar-refractivity contribution in [3.63, 3.8) is 0 Å². The first-order valence-corrected chi connectivity index (χ1v) is 6.85. The van der Waals surface area contributed by atoms with Crippen molar-refractivity contribution >= 4 is 17.4 Å². The third kappa shape index (κ3) is 3.56. The molecule has 1 fully saturated rings. The van der Waals surface area contributed by atoms with Crippen LogP contribution in [-0.4, -0.2) is 16.0 Å². The highest BCUT2D eigenvalue weighted by molar-refractivity contribution is 6.29. The van der Waals surface area contributed by atoms with Crippen LogP contribution in [0.1, 0.15) is 45.4 Å². The van der Waals surface area contributed by atoms with Gasteiger partial charge in [-0.05, 0) is 31.6 Å². The summed E-state index contributed by atoms with van der Waals surface area (Å²) in [6, 6.07) is 2.36. The molecule has 94 valence electrons. The molecule has 0 aliphatic heterocycles. The Bertz CT molecular complexity index is 373. The van der Waals surface area contributed by atoms with Gasteiger partial charge in [-0.3, -0.25) is 0 Å². The first-order chi connectivity index (χ1) is 8.17. The van der Waals surface area contributed by atoms with E-state index in [0.29, 0.717) is 11.2 Å². The molecule has 0 amide bonds. The van der Waals surface area contributed by atoms with Crippen LogP contribution in [0.5, 0.6) is 0 Å². The molecule has 0 unspecified atom stereocenters. The summed E-state index contributed by atoms with van der Waals surface area (Å²) in [6.07, 6.45) is 5.87. The fourth-order valence-electron chi connectivity index (χ4n) is 2.31. The summed E-state index contributed by atoms with van der Waals surface area (Å²) >= 11 is 5.98. The molecule has 0 atom stereocenters. The average molecular weight is 254 g/mol. The SMILES string of the molecule is CCc1nc(Cl)cc(NC2CCC(C)CC2)n1. The lowest BCUT2D eigenvalue weighted by Gasteiger charge is -2.27. The van der Waals surface area contributed by atoms with Gasteiger partial charge in [0.2, 0.25) is 0 Å². The number of rotatable bonds is 3. The molecule has 17 heavy (non-hydrogen) atoms. The number of nitrogens with one attached hydrogen (secondary N) is 1. The molecular formula is C13H20ClN3. The minimum absolute atomic E-state index is 0.531. The van der Waals surface area contributed by atoms with Crippen LogP contribution in [0.15, 0.2) is 6.07 Å². The van der Waals surface area contributed by atoms with Gasteiger partial charge in [-0.2, -0.15) is 0 Å². The standard InChI is InChI=1S/C13H20ClN3/c1-3-12-16-11(14)8-13(17-12)15-10-6-4-9(2)5-7-10/h8-10H,3-7H2,1-2H3,(H,15,16,17). The van der Waals surface area contributed by atoms with Crippen LogP contribution in [-0.2, 0) is 6.42 Å². The molecule has 1 aromatic rings. The normalized spacial score (nSPS) is 24.6. The maximum Gasteiger partial charge on any atom is 0.134 e. The van der Waals surface area contributed by atoms with Gasteiger partial charge in [0.1, 0.15) is 16.8 Å². The van der Waals surface area contributed by atoms with E-state index in [1.807, 2.05) is 13.0 Å². The average Bonchev–Trinajstić information content (AvgIpc) is 2.31. The first kappa shape index (κ1) is 12.6. The molecule has 0 saturated heterocycles. The lowest BCUT2D eigenvalue weighted by Crippen LogP contribution is -2.25. The number of anilines is 1. The topological polar surface area (TPSA) is 37.8 Å². The molecule has 1 aliphatic carbocycles. The second-order valence-corrected chi connectivity index (χ2v) is 5.33. The molecule has 1 aromatic heterocycles. The van der Waals surface area contributed by atoms with Crippen molar-refractivity contribution in [1.29, 1.82) is 0 Å². The van der Waals surface area contributed by atoms with E-state index >= 15 is 0 Å². The Kier molecular flexibility index (Phi) is 4.21. The van der Waals surface area contributed by atoms with Gasteiger partial charge in [-0.1, -0.05) is 25.4 Å². The predicted octanol–water partition coefficient (Wildman–Crippen LogP) is 3.68. The summed E-state index contributed by atoms with van der Waals surface area (Å²) in [5.41, 5.74) is 0. The third-order valence-corrected chi connectivity index (χ3v) is 3.62. The molecule has 2 rings (SSSR count). The van der Waals surface area contributed by atoms with Crippen LogP contribution < -0.4 is 5.32 Å². The Morgan fingerprint density at radius 3 is 2.65 bits per heavy atom. The quantitative estimate of drug-likeness (QED) is 0.835. The summed E-state index contributed by atoms with van der Waals surface area (Å²) in [5, 5.41) is 4.01. The number of halogens is 1. The Hall–Kier alpha value is -0.830. The van der Waals surface area contributed by atoms with Gasteiger partial charge >= 0.3 is 0 Å². The highest BCUT2D eigenvalue weighted by Gasteiger charge is 2.18. The first-order valence-electron chi connectivity index (χ1n) is 6.47. The van der Waals surface area contributed by atoms with Gasteiger partial charge in [0.05, 0.1) is 0 Å². The summed E-state index contributed by atoms with van der Waals surface area (Å²) < 4.78 is 0. The van der Waals surface area contributed by atoms with Crippen molar-refractivity contribution in [1.82, 2.24) is 9.97 Å². The van der Waals surface area contributed by atoms with Crippen LogP contribution in [0, 0.1) is 5.92 Å². The summed E-state index contributed by atoms with van der Waals surface area (Å²) in [7, 11) is 0. The largest absolute Gasteiger partial charge is 0.367 e. The summed E-state index contributed by atoms with van der Waals surface area (Å²) in [4.78, 5) is 8.63. The monoisotopic (exact) mass is 253 g/mol. The maximum absolute atomic E-state index is 5.98. The maximum atomic E-state index is 5.98. The Morgan fingerprint density at radius 1 is 1.29 bits per heavy atom. The van der Waals surface area contributed by atoms with Crippen LogP contribution in [0.4, 0.5) is 5.82 Å². The van der Waals surface area contributed by atoms with Crippen LogP contribution >= 0.6 is 11.6 Å². The molecule has 1 saturated carbocycles. The fourth-order valence-corrected chi connectivity index (χ4v) is 2.51. The lowest BCUT2D eigenvalue weighted by atomic mass is 9.87. The highest BCUT2D eigenvalue weighted by atomic mass is 35.5. The molecule has 1 heterocycles. The van der Waals surface area contributed by atoms with Gasteiger partial charge in [0.25, 0.3) is 0 Å². The van der Waals surface area contributed by atoms with Crippen LogP contribution in [0.3, 0.4) is 0 Å². The van der Waals surface area contributed by atoms with E-state index in [9.17, 15) is 0 Å². The van der Waals surface area contributed by atoms with Crippen molar-refractivity contribution in [3.05, 3.63) is 17.0 Å². The number of hydrogen-bond acceptors (Lipinski definition) is 3. The zero-order valence-electron chi connectivity index (χ0n) is 10.5. The molecule has 3 nitrogen and oxygen atoms in total. The van der Waals surface area contributed by atoms with Crippen molar-refractivity contribution in [2.24, 2.45) is 5.92 Å². The number of nitrogens with zero attached hydrogens (tertiary/aromatic N) is 2. The molecule has 1 N–H and O–H groups in total. The van der Waals surface area contributed by atoms with Gasteiger partial charge in [0.15, 0.2) is 0 Å². The second-order valence-electron chi connectivity index (χ2n) is 4.95. The minimum atomic E-state index is 0.531. The van der Waals surface area contributed by atoms with Gasteiger partial charge in [-0.15, -0.1) is 0 Å². The van der Waals surface area contributed by atoms with Gasteiger partial charge < -0.3 is 5.32 Å². The van der Waals surface area contributed by atoms with E-state index in [1.54, 1.807) is 0 Å². The molecule has 0 radical (unpaired) electrons. The Balaban J connectivity index is 2.00. The Morgan fingerprint density at radius 2 is 2.00 bits per heavy atom. The molecule has 0 bridgehead atoms. The molecule has 0 aromatic carbocycles. The molecule has 1 aliphatic rings. The Labute approximate surface area is 108 Å². The van der Waals surface area contributed by atoms with E-state index < -0.39 is 0 Å². The molecule has 0 spiro atoms. The van der Waals surface area contributed by atoms with Gasteiger partial charge in [-0.25, -0.2) is 9.97 Å². The number of aromatic nitrogens is 2. The van der Waals surface area contributed by atoms with Gasteiger partial charge in [0, 0.05) is 18.5 Å². The fraction of sp³-hybridized carbons (Fsp3) is 0.692.